The summed E-state index contributed by atoms with van der Waals surface area (Å²) in [7, 11) is -3.33. The highest BCUT2D eigenvalue weighted by molar-refractivity contribution is 7.86. The lowest BCUT2D eigenvalue weighted by Gasteiger charge is -2.24. The molecule has 0 aromatic carbocycles. The second-order valence-electron chi connectivity index (χ2n) is 3.39. The van der Waals surface area contributed by atoms with Gasteiger partial charge in [0.25, 0.3) is 10.2 Å². The summed E-state index contributed by atoms with van der Waals surface area (Å²) in [5.41, 5.74) is 0. The van der Waals surface area contributed by atoms with Gasteiger partial charge in [-0.1, -0.05) is 13.8 Å². The highest BCUT2D eigenvalue weighted by Gasteiger charge is 2.33. The quantitative estimate of drug-likeness (QED) is 0.706. The minimum absolute atomic E-state index is 0.235. The molecule has 0 amide bonds. The Bertz CT molecular complexity index is 274. The number of β-amino-alcohol motifs (C(OH)–C–C–N with tert-alkyl or cyclic N) is 1. The molecule has 0 saturated carbocycles. The average Bonchev–Trinajstić information content (AvgIpc) is 2.54. The van der Waals surface area contributed by atoms with Gasteiger partial charge >= 0.3 is 0 Å². The number of hydrogen-bond acceptors (Lipinski definition) is 3. The number of aliphatic hydroxyl groups excluding tert-OH is 1. The predicted molar refractivity (Wildman–Crippen MR) is 54.0 cm³/mol. The van der Waals surface area contributed by atoms with Crippen LogP contribution in [0.5, 0.6) is 0 Å². The van der Waals surface area contributed by atoms with Crippen LogP contribution in [0.15, 0.2) is 0 Å². The van der Waals surface area contributed by atoms with Crippen molar-refractivity contribution in [3.8, 4) is 0 Å². The number of rotatable bonds is 4. The van der Waals surface area contributed by atoms with Crippen molar-refractivity contribution in [3.05, 3.63) is 0 Å². The van der Waals surface area contributed by atoms with Crippen LogP contribution >= 0.6 is 0 Å². The van der Waals surface area contributed by atoms with E-state index in [9.17, 15) is 13.5 Å². The molecule has 14 heavy (non-hydrogen) atoms. The lowest BCUT2D eigenvalue weighted by atomic mass is 10.3. The van der Waals surface area contributed by atoms with Gasteiger partial charge in [0.1, 0.15) is 0 Å². The maximum absolute atomic E-state index is 11.9. The Morgan fingerprint density at radius 2 is 2.00 bits per heavy atom. The van der Waals surface area contributed by atoms with E-state index in [1.165, 1.54) is 8.61 Å². The lowest BCUT2D eigenvalue weighted by molar-refractivity contribution is 0.188. The Hall–Kier alpha value is -0.170. The van der Waals surface area contributed by atoms with Crippen LogP contribution in [0.4, 0.5) is 0 Å². The third-order valence-electron chi connectivity index (χ3n) is 2.48. The number of hydrogen-bond donors (Lipinski definition) is 1. The molecule has 1 saturated heterocycles. The first-order valence-electron chi connectivity index (χ1n) is 4.95. The first-order chi connectivity index (χ1) is 6.52. The van der Waals surface area contributed by atoms with Crippen LogP contribution in [-0.2, 0) is 10.2 Å². The Balaban J connectivity index is 2.74. The molecular weight excluding hydrogens is 204 g/mol. The zero-order valence-electron chi connectivity index (χ0n) is 8.68. The summed E-state index contributed by atoms with van der Waals surface area (Å²) < 4.78 is 26.5. The molecule has 5 nitrogen and oxygen atoms in total. The van der Waals surface area contributed by atoms with Gasteiger partial charge in [-0.05, 0) is 6.42 Å². The zero-order valence-corrected chi connectivity index (χ0v) is 9.50. The minimum atomic E-state index is -3.33. The fraction of sp³-hybridized carbons (Fsp3) is 1.00. The Morgan fingerprint density at radius 3 is 2.36 bits per heavy atom. The minimum Gasteiger partial charge on any atom is -0.392 e. The van der Waals surface area contributed by atoms with E-state index < -0.39 is 16.3 Å². The van der Waals surface area contributed by atoms with Crippen LogP contribution in [0.3, 0.4) is 0 Å². The van der Waals surface area contributed by atoms with Crippen LogP contribution in [0.25, 0.3) is 0 Å². The van der Waals surface area contributed by atoms with E-state index in [1.54, 1.807) is 0 Å². The third kappa shape index (κ3) is 2.25. The van der Waals surface area contributed by atoms with Crippen molar-refractivity contribution in [3.63, 3.8) is 0 Å². The van der Waals surface area contributed by atoms with Crippen molar-refractivity contribution in [2.24, 2.45) is 0 Å². The molecule has 1 fully saturated rings. The van der Waals surface area contributed by atoms with E-state index in [1.807, 2.05) is 13.8 Å². The molecule has 0 radical (unpaired) electrons. The second-order valence-corrected chi connectivity index (χ2v) is 5.32. The summed E-state index contributed by atoms with van der Waals surface area (Å²) in [5, 5.41) is 9.27. The molecule has 0 bridgehead atoms. The summed E-state index contributed by atoms with van der Waals surface area (Å²) >= 11 is 0. The first kappa shape index (κ1) is 11.9. The van der Waals surface area contributed by atoms with Gasteiger partial charge in [-0.25, -0.2) is 0 Å². The molecule has 6 heteroatoms. The normalized spacial score (nSPS) is 24.7. The monoisotopic (exact) mass is 222 g/mol. The lowest BCUT2D eigenvalue weighted by Crippen LogP contribution is -2.42. The van der Waals surface area contributed by atoms with E-state index in [-0.39, 0.29) is 6.54 Å². The first-order valence-corrected chi connectivity index (χ1v) is 6.35. The van der Waals surface area contributed by atoms with Crippen LogP contribution in [0.2, 0.25) is 0 Å². The number of aliphatic hydroxyl groups is 1. The summed E-state index contributed by atoms with van der Waals surface area (Å²) in [6.07, 6.45) is 0.0425. The molecule has 1 rings (SSSR count). The van der Waals surface area contributed by atoms with Crippen molar-refractivity contribution < 1.29 is 13.5 Å². The summed E-state index contributed by atoms with van der Waals surface area (Å²) in [4.78, 5) is 0. The predicted octanol–water partition coefficient (Wildman–Crippen LogP) is -0.360. The van der Waals surface area contributed by atoms with Gasteiger partial charge in [0.15, 0.2) is 0 Å². The van der Waals surface area contributed by atoms with Crippen LogP contribution in [-0.4, -0.2) is 54.4 Å². The van der Waals surface area contributed by atoms with E-state index >= 15 is 0 Å². The molecule has 1 atom stereocenters. The van der Waals surface area contributed by atoms with Crippen LogP contribution in [0, 0.1) is 0 Å². The zero-order chi connectivity index (χ0) is 10.8. The highest BCUT2D eigenvalue weighted by Crippen LogP contribution is 2.16. The maximum atomic E-state index is 11.9. The van der Waals surface area contributed by atoms with Gasteiger partial charge < -0.3 is 5.11 Å². The second kappa shape index (κ2) is 4.57. The van der Waals surface area contributed by atoms with Crippen molar-refractivity contribution in [2.45, 2.75) is 26.4 Å². The molecule has 1 aliphatic heterocycles. The van der Waals surface area contributed by atoms with Gasteiger partial charge in [0.05, 0.1) is 6.10 Å². The smallest absolute Gasteiger partial charge is 0.282 e. The van der Waals surface area contributed by atoms with Crippen molar-refractivity contribution >= 4 is 10.2 Å². The van der Waals surface area contributed by atoms with E-state index in [4.69, 9.17) is 0 Å². The van der Waals surface area contributed by atoms with E-state index in [0.29, 0.717) is 26.1 Å². The fourth-order valence-corrected chi connectivity index (χ4v) is 3.31. The largest absolute Gasteiger partial charge is 0.392 e. The van der Waals surface area contributed by atoms with E-state index in [0.717, 1.165) is 0 Å². The van der Waals surface area contributed by atoms with E-state index in [2.05, 4.69) is 0 Å². The SMILES string of the molecule is CCN(CC)S(=O)(=O)N1CCC(O)C1. The van der Waals surface area contributed by atoms with Crippen molar-refractivity contribution in [1.29, 1.82) is 0 Å². The Labute approximate surface area is 85.5 Å². The molecule has 0 spiro atoms. The summed E-state index contributed by atoms with van der Waals surface area (Å²) in [6.45, 7) is 5.25. The standard InChI is InChI=1S/C8H18N2O3S/c1-3-9(4-2)14(12,13)10-6-5-8(11)7-10/h8,11H,3-7H2,1-2H3. The summed E-state index contributed by atoms with van der Waals surface area (Å²) in [5.74, 6) is 0. The topological polar surface area (TPSA) is 60.9 Å². The highest BCUT2D eigenvalue weighted by atomic mass is 32.2. The molecule has 1 unspecified atom stereocenters. The third-order valence-corrected chi connectivity index (χ3v) is 4.64. The molecule has 1 aliphatic rings. The van der Waals surface area contributed by atoms with Gasteiger partial charge in [0.2, 0.25) is 0 Å². The van der Waals surface area contributed by atoms with Crippen molar-refractivity contribution in [1.82, 2.24) is 8.61 Å². The van der Waals surface area contributed by atoms with Gasteiger partial charge in [-0.3, -0.25) is 0 Å². The summed E-state index contributed by atoms with van der Waals surface area (Å²) in [6, 6.07) is 0. The molecule has 0 aromatic heterocycles. The number of nitrogens with zero attached hydrogens (tertiary/aromatic N) is 2. The maximum Gasteiger partial charge on any atom is 0.282 e. The van der Waals surface area contributed by atoms with Gasteiger partial charge in [0, 0.05) is 26.2 Å². The Kier molecular flexibility index (Phi) is 3.88. The van der Waals surface area contributed by atoms with Crippen LogP contribution in [0.1, 0.15) is 20.3 Å². The van der Waals surface area contributed by atoms with Crippen LogP contribution < -0.4 is 0 Å². The molecule has 0 aromatic rings. The van der Waals surface area contributed by atoms with Gasteiger partial charge in [-0.15, -0.1) is 0 Å². The average molecular weight is 222 g/mol. The molecule has 1 N–H and O–H groups in total. The molecule has 1 heterocycles. The van der Waals surface area contributed by atoms with Gasteiger partial charge in [-0.2, -0.15) is 17.0 Å². The molecule has 0 aliphatic carbocycles. The fourth-order valence-electron chi connectivity index (χ4n) is 1.63. The Morgan fingerprint density at radius 1 is 1.43 bits per heavy atom. The molecule has 84 valence electrons. The van der Waals surface area contributed by atoms with Crippen molar-refractivity contribution in [2.75, 3.05) is 26.2 Å². The molecular formula is C8H18N2O3S.